The lowest BCUT2D eigenvalue weighted by Gasteiger charge is -2.16. The molecule has 1 aromatic heterocycles. The number of aromatic nitrogens is 2. The van der Waals surface area contributed by atoms with Crippen molar-refractivity contribution in [1.82, 2.24) is 14.9 Å². The van der Waals surface area contributed by atoms with Crippen molar-refractivity contribution in [3.05, 3.63) is 70.5 Å². The van der Waals surface area contributed by atoms with Gasteiger partial charge in [-0.2, -0.15) is 0 Å². The fraction of sp³-hybridized carbons (Fsp3) is 0.286. The van der Waals surface area contributed by atoms with Crippen molar-refractivity contribution < 1.29 is 4.79 Å². The minimum absolute atomic E-state index is 0.0116. The van der Waals surface area contributed by atoms with Crippen LogP contribution in [0.2, 0.25) is 0 Å². The number of nitrogens with zero attached hydrogens (tertiary/aromatic N) is 2. The van der Waals surface area contributed by atoms with Crippen molar-refractivity contribution in [2.45, 2.75) is 42.8 Å². The second-order valence-corrected chi connectivity index (χ2v) is 8.09. The Morgan fingerprint density at radius 2 is 1.89 bits per heavy atom. The SMILES string of the molecule is C[C@H](Sc1nc2ccccc2c(=O)n1C1CC1)C(=O)NCc1ccccc1. The minimum atomic E-state index is -0.341. The fourth-order valence-corrected chi connectivity index (χ4v) is 4.01. The molecule has 27 heavy (non-hydrogen) atoms. The summed E-state index contributed by atoms with van der Waals surface area (Å²) in [7, 11) is 0. The zero-order chi connectivity index (χ0) is 18.8. The first-order chi connectivity index (χ1) is 13.1. The maximum atomic E-state index is 12.9. The lowest BCUT2D eigenvalue weighted by Crippen LogP contribution is -2.31. The molecular formula is C21H21N3O2S. The molecule has 6 heteroatoms. The van der Waals surface area contributed by atoms with Crippen LogP contribution in [0.1, 0.15) is 31.4 Å². The van der Waals surface area contributed by atoms with Crippen LogP contribution in [0.25, 0.3) is 10.9 Å². The van der Waals surface area contributed by atoms with Crippen LogP contribution in [-0.4, -0.2) is 20.7 Å². The molecule has 138 valence electrons. The first-order valence-corrected chi connectivity index (χ1v) is 10.0. The molecule has 1 aliphatic carbocycles. The molecule has 0 aliphatic heterocycles. The number of benzene rings is 2. The van der Waals surface area contributed by atoms with Crippen LogP contribution in [0.4, 0.5) is 0 Å². The molecule has 1 aliphatic rings. The average Bonchev–Trinajstić information content (AvgIpc) is 3.52. The van der Waals surface area contributed by atoms with Gasteiger partial charge in [-0.25, -0.2) is 4.98 Å². The van der Waals surface area contributed by atoms with E-state index < -0.39 is 0 Å². The van der Waals surface area contributed by atoms with Gasteiger partial charge in [-0.1, -0.05) is 54.2 Å². The number of carbonyl (C=O) groups excluding carboxylic acids is 1. The highest BCUT2D eigenvalue weighted by molar-refractivity contribution is 8.00. The molecule has 1 saturated carbocycles. The highest BCUT2D eigenvalue weighted by Gasteiger charge is 2.30. The summed E-state index contributed by atoms with van der Waals surface area (Å²) in [6, 6.07) is 17.4. The molecule has 3 aromatic rings. The third-order valence-electron chi connectivity index (χ3n) is 4.65. The Morgan fingerprint density at radius 1 is 1.19 bits per heavy atom. The van der Waals surface area contributed by atoms with E-state index in [1.54, 1.807) is 4.57 Å². The van der Waals surface area contributed by atoms with Gasteiger partial charge >= 0.3 is 0 Å². The Balaban J connectivity index is 1.54. The number of thioether (sulfide) groups is 1. The molecule has 0 unspecified atom stereocenters. The first-order valence-electron chi connectivity index (χ1n) is 9.13. The predicted molar refractivity (Wildman–Crippen MR) is 108 cm³/mol. The highest BCUT2D eigenvalue weighted by atomic mass is 32.2. The van der Waals surface area contributed by atoms with Gasteiger partial charge in [0.05, 0.1) is 16.2 Å². The van der Waals surface area contributed by atoms with Crippen LogP contribution in [0.3, 0.4) is 0 Å². The zero-order valence-electron chi connectivity index (χ0n) is 15.1. The molecule has 1 heterocycles. The van der Waals surface area contributed by atoms with Crippen molar-refractivity contribution in [2.75, 3.05) is 0 Å². The quantitative estimate of drug-likeness (QED) is 0.526. The van der Waals surface area contributed by atoms with Crippen molar-refractivity contribution in [3.63, 3.8) is 0 Å². The van der Waals surface area contributed by atoms with Crippen molar-refractivity contribution in [1.29, 1.82) is 0 Å². The van der Waals surface area contributed by atoms with E-state index in [4.69, 9.17) is 0 Å². The van der Waals surface area contributed by atoms with E-state index >= 15 is 0 Å². The minimum Gasteiger partial charge on any atom is -0.351 e. The van der Waals surface area contributed by atoms with E-state index in [2.05, 4.69) is 10.3 Å². The largest absolute Gasteiger partial charge is 0.351 e. The standard InChI is InChI=1S/C21H21N3O2S/c1-14(19(25)22-13-15-7-3-2-4-8-15)27-21-23-18-10-6-5-9-17(18)20(26)24(21)16-11-12-16/h2-10,14,16H,11-13H2,1H3,(H,22,25)/t14-/m0/s1. The molecule has 1 N–H and O–H groups in total. The van der Waals surface area contributed by atoms with Gasteiger partial charge in [-0.3, -0.25) is 14.2 Å². The summed E-state index contributed by atoms with van der Waals surface area (Å²) in [6.07, 6.45) is 1.98. The second-order valence-electron chi connectivity index (χ2n) is 6.78. The summed E-state index contributed by atoms with van der Waals surface area (Å²) in [4.78, 5) is 30.1. The maximum absolute atomic E-state index is 12.9. The van der Waals surface area contributed by atoms with Crippen LogP contribution in [-0.2, 0) is 11.3 Å². The van der Waals surface area contributed by atoms with E-state index in [-0.39, 0.29) is 22.8 Å². The number of para-hydroxylation sites is 1. The summed E-state index contributed by atoms with van der Waals surface area (Å²) >= 11 is 1.35. The van der Waals surface area contributed by atoms with Gasteiger partial charge in [0.25, 0.3) is 5.56 Å². The maximum Gasteiger partial charge on any atom is 0.262 e. The van der Waals surface area contributed by atoms with Crippen molar-refractivity contribution in [2.24, 2.45) is 0 Å². The van der Waals surface area contributed by atoms with Gasteiger partial charge < -0.3 is 5.32 Å². The number of carbonyl (C=O) groups is 1. The summed E-state index contributed by atoms with van der Waals surface area (Å²) in [5.74, 6) is -0.0615. The molecule has 1 atom stereocenters. The molecule has 0 bridgehead atoms. The van der Waals surface area contributed by atoms with Crippen molar-refractivity contribution >= 4 is 28.6 Å². The highest BCUT2D eigenvalue weighted by Crippen LogP contribution is 2.37. The van der Waals surface area contributed by atoms with E-state index in [9.17, 15) is 9.59 Å². The molecule has 2 aromatic carbocycles. The average molecular weight is 379 g/mol. The number of fused-ring (bicyclic) bond motifs is 1. The van der Waals surface area contributed by atoms with Crippen LogP contribution in [0.5, 0.6) is 0 Å². The number of amides is 1. The van der Waals surface area contributed by atoms with Crippen LogP contribution in [0, 0.1) is 0 Å². The first kappa shape index (κ1) is 17.8. The fourth-order valence-electron chi connectivity index (χ4n) is 3.00. The summed E-state index contributed by atoms with van der Waals surface area (Å²) in [5, 5.41) is 3.88. The Labute approximate surface area is 161 Å². The third kappa shape index (κ3) is 3.90. The molecule has 0 spiro atoms. The molecule has 1 amide bonds. The topological polar surface area (TPSA) is 64.0 Å². The van der Waals surface area contributed by atoms with Gasteiger partial charge in [-0.15, -0.1) is 0 Å². The van der Waals surface area contributed by atoms with Gasteiger partial charge in [0.1, 0.15) is 0 Å². The van der Waals surface area contributed by atoms with Crippen LogP contribution < -0.4 is 10.9 Å². The lowest BCUT2D eigenvalue weighted by atomic mass is 10.2. The third-order valence-corrected chi connectivity index (χ3v) is 5.71. The molecule has 0 radical (unpaired) electrons. The van der Waals surface area contributed by atoms with E-state index in [1.165, 1.54) is 11.8 Å². The molecule has 5 nitrogen and oxygen atoms in total. The van der Waals surface area contributed by atoms with E-state index in [1.807, 2.05) is 61.5 Å². The van der Waals surface area contributed by atoms with E-state index in [0.717, 1.165) is 18.4 Å². The second kappa shape index (κ2) is 7.56. The zero-order valence-corrected chi connectivity index (χ0v) is 15.9. The number of hydrogen-bond acceptors (Lipinski definition) is 4. The summed E-state index contributed by atoms with van der Waals surface area (Å²) < 4.78 is 1.77. The van der Waals surface area contributed by atoms with E-state index in [0.29, 0.717) is 22.6 Å². The van der Waals surface area contributed by atoms with Crippen molar-refractivity contribution in [3.8, 4) is 0 Å². The lowest BCUT2D eigenvalue weighted by molar-refractivity contribution is -0.120. The van der Waals surface area contributed by atoms with Gasteiger partial charge in [0.2, 0.25) is 5.91 Å². The smallest absolute Gasteiger partial charge is 0.262 e. The molecule has 4 rings (SSSR count). The van der Waals surface area contributed by atoms with Gasteiger partial charge in [0.15, 0.2) is 5.16 Å². The van der Waals surface area contributed by atoms with Crippen LogP contribution in [0.15, 0.2) is 64.5 Å². The Hall–Kier alpha value is -2.60. The molecule has 1 fully saturated rings. The normalized spacial score (nSPS) is 14.9. The summed E-state index contributed by atoms with van der Waals surface area (Å²) in [6.45, 7) is 2.34. The summed E-state index contributed by atoms with van der Waals surface area (Å²) in [5.41, 5.74) is 1.73. The molecular weight excluding hydrogens is 358 g/mol. The predicted octanol–water partition coefficient (Wildman–Crippen LogP) is 3.53. The van der Waals surface area contributed by atoms with Gasteiger partial charge in [-0.05, 0) is 37.5 Å². The number of rotatable bonds is 6. The Kier molecular flexibility index (Phi) is 4.99. The Bertz CT molecular complexity index is 1030. The van der Waals surface area contributed by atoms with Gasteiger partial charge in [0, 0.05) is 12.6 Å². The van der Waals surface area contributed by atoms with Crippen LogP contribution >= 0.6 is 11.8 Å². The number of hydrogen-bond donors (Lipinski definition) is 1. The number of nitrogens with one attached hydrogen (secondary N) is 1. The molecule has 0 saturated heterocycles. The Morgan fingerprint density at radius 3 is 2.63 bits per heavy atom. The monoisotopic (exact) mass is 379 g/mol.